The van der Waals surface area contributed by atoms with E-state index in [-0.39, 0.29) is 12.3 Å². The SMILES string of the molecule is CC(=O)N[C@H](CSN=C1NCCN1CC(=O)O)C(=O)O. The fourth-order valence-corrected chi connectivity index (χ4v) is 2.27. The monoisotopic (exact) mass is 304 g/mol. The highest BCUT2D eigenvalue weighted by molar-refractivity contribution is 7.98. The van der Waals surface area contributed by atoms with E-state index in [2.05, 4.69) is 15.0 Å². The maximum absolute atomic E-state index is 10.9. The number of carboxylic acids is 2. The lowest BCUT2D eigenvalue weighted by Gasteiger charge is -2.15. The zero-order valence-electron chi connectivity index (χ0n) is 10.8. The van der Waals surface area contributed by atoms with E-state index in [1.54, 1.807) is 4.90 Å². The van der Waals surface area contributed by atoms with Crippen LogP contribution < -0.4 is 10.6 Å². The highest BCUT2D eigenvalue weighted by atomic mass is 32.2. The number of hydrogen-bond acceptors (Lipinski definition) is 5. The van der Waals surface area contributed by atoms with Gasteiger partial charge in [-0.15, -0.1) is 0 Å². The van der Waals surface area contributed by atoms with Gasteiger partial charge in [0.2, 0.25) is 11.9 Å². The van der Waals surface area contributed by atoms with Crippen molar-refractivity contribution >= 4 is 35.8 Å². The predicted octanol–water partition coefficient (Wildman–Crippen LogP) is -1.43. The highest BCUT2D eigenvalue weighted by Crippen LogP contribution is 2.08. The minimum absolute atomic E-state index is 0.0566. The van der Waals surface area contributed by atoms with Gasteiger partial charge in [-0.1, -0.05) is 0 Å². The smallest absolute Gasteiger partial charge is 0.327 e. The topological polar surface area (TPSA) is 131 Å². The summed E-state index contributed by atoms with van der Waals surface area (Å²) in [6.45, 7) is 2.18. The second-order valence-electron chi connectivity index (χ2n) is 4.04. The van der Waals surface area contributed by atoms with E-state index in [0.29, 0.717) is 19.0 Å². The summed E-state index contributed by atoms with van der Waals surface area (Å²) in [7, 11) is 0. The molecule has 0 aromatic heterocycles. The first kappa shape index (κ1) is 16.1. The van der Waals surface area contributed by atoms with Crippen LogP contribution in [0.4, 0.5) is 0 Å². The molecule has 0 aliphatic carbocycles. The molecule has 1 aliphatic rings. The van der Waals surface area contributed by atoms with E-state index in [4.69, 9.17) is 10.2 Å². The second-order valence-corrected chi connectivity index (χ2v) is 4.82. The Hall–Kier alpha value is -1.97. The molecule has 0 radical (unpaired) electrons. The molecule has 1 aliphatic heterocycles. The second kappa shape index (κ2) is 7.58. The minimum atomic E-state index is -1.14. The molecule has 4 N–H and O–H groups in total. The van der Waals surface area contributed by atoms with E-state index in [1.807, 2.05) is 0 Å². The van der Waals surface area contributed by atoms with Crippen LogP contribution in [0.25, 0.3) is 0 Å². The first-order valence-corrected chi connectivity index (χ1v) is 6.75. The van der Waals surface area contributed by atoms with Crippen LogP contribution in [0.5, 0.6) is 0 Å². The highest BCUT2D eigenvalue weighted by Gasteiger charge is 2.22. The average molecular weight is 304 g/mol. The summed E-state index contributed by atoms with van der Waals surface area (Å²) >= 11 is 0.955. The van der Waals surface area contributed by atoms with Crippen molar-refractivity contribution in [2.75, 3.05) is 25.4 Å². The third-order valence-corrected chi connectivity index (χ3v) is 3.14. The number of carbonyl (C=O) groups is 3. The van der Waals surface area contributed by atoms with Crippen LogP contribution in [0.15, 0.2) is 4.40 Å². The van der Waals surface area contributed by atoms with Crippen LogP contribution in [0.1, 0.15) is 6.92 Å². The molecular weight excluding hydrogens is 288 g/mol. The van der Waals surface area contributed by atoms with Crippen LogP contribution in [-0.4, -0.2) is 70.3 Å². The van der Waals surface area contributed by atoms with Crippen LogP contribution in [-0.2, 0) is 14.4 Å². The number of rotatable bonds is 7. The van der Waals surface area contributed by atoms with Crippen LogP contribution in [0.2, 0.25) is 0 Å². The third-order valence-electron chi connectivity index (χ3n) is 2.36. The Morgan fingerprint density at radius 3 is 2.75 bits per heavy atom. The molecule has 0 spiro atoms. The summed E-state index contributed by atoms with van der Waals surface area (Å²) in [6.07, 6.45) is 0. The molecule has 1 saturated heterocycles. The molecule has 1 heterocycles. The van der Waals surface area contributed by atoms with Gasteiger partial charge in [-0.25, -0.2) is 4.79 Å². The Labute approximate surface area is 119 Å². The van der Waals surface area contributed by atoms with E-state index >= 15 is 0 Å². The van der Waals surface area contributed by atoms with Crippen molar-refractivity contribution in [3.63, 3.8) is 0 Å². The fourth-order valence-electron chi connectivity index (χ4n) is 1.52. The van der Waals surface area contributed by atoms with Gasteiger partial charge in [-0.3, -0.25) is 9.59 Å². The zero-order valence-corrected chi connectivity index (χ0v) is 11.6. The lowest BCUT2D eigenvalue weighted by Crippen LogP contribution is -2.41. The Morgan fingerprint density at radius 2 is 2.20 bits per heavy atom. The molecule has 112 valence electrons. The lowest BCUT2D eigenvalue weighted by molar-refractivity contribution is -0.140. The number of hydrogen-bond donors (Lipinski definition) is 4. The maximum Gasteiger partial charge on any atom is 0.327 e. The molecule has 0 unspecified atom stereocenters. The summed E-state index contributed by atoms with van der Waals surface area (Å²) in [5.41, 5.74) is 0. The van der Waals surface area contributed by atoms with Crippen molar-refractivity contribution in [2.45, 2.75) is 13.0 Å². The molecular formula is C10H16N4O5S. The molecule has 0 aromatic carbocycles. The first-order chi connectivity index (χ1) is 9.40. The van der Waals surface area contributed by atoms with Crippen molar-refractivity contribution in [1.29, 1.82) is 0 Å². The Bertz CT molecular complexity index is 428. The zero-order chi connectivity index (χ0) is 15.1. The normalized spacial score (nSPS) is 17.6. The standard InChI is InChI=1S/C10H16N4O5S/c1-6(15)12-7(9(18)19)5-20-13-10-11-2-3-14(10)4-8(16)17/h7H,2-5H2,1H3,(H,11,13)(H,12,15)(H,16,17)(H,18,19)/t7-/m1/s1. The van der Waals surface area contributed by atoms with Gasteiger partial charge in [0.05, 0.1) is 0 Å². The fraction of sp³-hybridized carbons (Fsp3) is 0.600. The number of aliphatic carboxylic acids is 2. The van der Waals surface area contributed by atoms with E-state index in [9.17, 15) is 14.4 Å². The van der Waals surface area contributed by atoms with Crippen molar-refractivity contribution in [1.82, 2.24) is 15.5 Å². The molecule has 1 atom stereocenters. The summed E-state index contributed by atoms with van der Waals surface area (Å²) in [5, 5.41) is 22.8. The molecule has 9 nitrogen and oxygen atoms in total. The predicted molar refractivity (Wildman–Crippen MR) is 72.3 cm³/mol. The summed E-state index contributed by atoms with van der Waals surface area (Å²) in [4.78, 5) is 33.9. The van der Waals surface area contributed by atoms with Gasteiger partial charge in [-0.05, 0) is 11.9 Å². The van der Waals surface area contributed by atoms with Crippen molar-refractivity contribution in [2.24, 2.45) is 4.40 Å². The molecule has 0 bridgehead atoms. The number of nitrogens with zero attached hydrogens (tertiary/aromatic N) is 2. The number of guanidine groups is 1. The Balaban J connectivity index is 2.51. The number of nitrogens with one attached hydrogen (secondary N) is 2. The van der Waals surface area contributed by atoms with Gasteiger partial charge in [-0.2, -0.15) is 4.40 Å². The summed E-state index contributed by atoms with van der Waals surface area (Å²) < 4.78 is 4.06. The van der Waals surface area contributed by atoms with Gasteiger partial charge in [0, 0.05) is 25.8 Å². The third kappa shape index (κ3) is 5.34. The van der Waals surface area contributed by atoms with Crippen molar-refractivity contribution in [3.05, 3.63) is 0 Å². The van der Waals surface area contributed by atoms with Gasteiger partial charge in [0.25, 0.3) is 0 Å². The summed E-state index contributed by atoms with van der Waals surface area (Å²) in [6, 6.07) is -1.03. The summed E-state index contributed by atoms with van der Waals surface area (Å²) in [5.74, 6) is -2.08. The maximum atomic E-state index is 10.9. The quantitative estimate of drug-likeness (QED) is 0.421. The first-order valence-electron chi connectivity index (χ1n) is 5.80. The van der Waals surface area contributed by atoms with Gasteiger partial charge in [0.15, 0.2) is 0 Å². The Morgan fingerprint density at radius 1 is 1.50 bits per heavy atom. The lowest BCUT2D eigenvalue weighted by atomic mass is 10.3. The van der Waals surface area contributed by atoms with E-state index in [1.165, 1.54) is 6.92 Å². The molecule has 0 saturated carbocycles. The molecule has 1 fully saturated rings. The largest absolute Gasteiger partial charge is 0.480 e. The van der Waals surface area contributed by atoms with Gasteiger partial charge in [0.1, 0.15) is 12.6 Å². The Kier molecular flexibility index (Phi) is 6.10. The molecule has 20 heavy (non-hydrogen) atoms. The minimum Gasteiger partial charge on any atom is -0.480 e. The van der Waals surface area contributed by atoms with Crippen LogP contribution in [0.3, 0.4) is 0 Å². The molecule has 1 rings (SSSR count). The van der Waals surface area contributed by atoms with Gasteiger partial charge < -0.3 is 25.7 Å². The van der Waals surface area contributed by atoms with E-state index < -0.39 is 23.9 Å². The van der Waals surface area contributed by atoms with E-state index in [0.717, 1.165) is 11.9 Å². The van der Waals surface area contributed by atoms with Crippen LogP contribution in [0, 0.1) is 0 Å². The number of carbonyl (C=O) groups excluding carboxylic acids is 1. The van der Waals surface area contributed by atoms with Crippen molar-refractivity contribution in [3.8, 4) is 0 Å². The molecule has 1 amide bonds. The average Bonchev–Trinajstić information content (AvgIpc) is 2.74. The van der Waals surface area contributed by atoms with Crippen LogP contribution >= 0.6 is 11.9 Å². The van der Waals surface area contributed by atoms with Gasteiger partial charge >= 0.3 is 11.9 Å². The van der Waals surface area contributed by atoms with Crippen molar-refractivity contribution < 1.29 is 24.6 Å². The molecule has 10 heteroatoms. The number of amides is 1. The molecule has 0 aromatic rings. The number of carboxylic acid groups (broad SMARTS) is 2.